The van der Waals surface area contributed by atoms with Crippen molar-refractivity contribution in [3.8, 4) is 9.88 Å². The maximum absolute atomic E-state index is 11.4. The molecule has 2 rings (SSSR count). The lowest BCUT2D eigenvalue weighted by Gasteiger charge is -1.95. The molecule has 2 aromatic heterocycles. The number of thiophene rings is 1. The van der Waals surface area contributed by atoms with Crippen LogP contribution < -0.4 is 5.73 Å². The molecule has 0 bridgehead atoms. The lowest BCUT2D eigenvalue weighted by atomic mass is 10.2. The van der Waals surface area contributed by atoms with Crippen LogP contribution in [0.4, 0.5) is 5.00 Å². The topological polar surface area (TPSA) is 65.2 Å². The van der Waals surface area contributed by atoms with E-state index < -0.39 is 5.97 Å². The van der Waals surface area contributed by atoms with Crippen LogP contribution in [0.5, 0.6) is 0 Å². The summed E-state index contributed by atoms with van der Waals surface area (Å²) >= 11 is 2.93. The third-order valence-corrected chi connectivity index (χ3v) is 4.35. The highest BCUT2D eigenvalue weighted by Crippen LogP contribution is 2.36. The molecule has 0 aliphatic carbocycles. The number of ether oxygens (including phenoxy) is 1. The van der Waals surface area contributed by atoms with Crippen molar-refractivity contribution in [2.45, 2.75) is 13.3 Å². The van der Waals surface area contributed by atoms with Gasteiger partial charge in [-0.3, -0.25) is 0 Å². The van der Waals surface area contributed by atoms with Gasteiger partial charge in [0.25, 0.3) is 0 Å². The molecule has 90 valence electrons. The summed E-state index contributed by atoms with van der Waals surface area (Å²) in [6.45, 7) is 2.09. The number of hydrogen-bond donors (Lipinski definition) is 1. The molecule has 0 aliphatic rings. The van der Waals surface area contributed by atoms with E-state index in [1.165, 1.54) is 24.0 Å². The molecule has 0 atom stereocenters. The molecule has 0 saturated heterocycles. The second-order valence-electron chi connectivity index (χ2n) is 3.35. The average molecular weight is 268 g/mol. The summed E-state index contributed by atoms with van der Waals surface area (Å²) in [6, 6.07) is 2.06. The maximum Gasteiger partial charge on any atom is 0.359 e. The van der Waals surface area contributed by atoms with Gasteiger partial charge in [-0.25, -0.2) is 9.78 Å². The van der Waals surface area contributed by atoms with Crippen molar-refractivity contribution in [3.63, 3.8) is 0 Å². The Kier molecular flexibility index (Phi) is 3.44. The lowest BCUT2D eigenvalue weighted by Crippen LogP contribution is -2.04. The number of nitrogen functional groups attached to an aromatic ring is 1. The summed E-state index contributed by atoms with van der Waals surface area (Å²) in [6.07, 6.45) is 0.936. The number of esters is 1. The predicted octanol–water partition coefficient (Wildman–Crippen LogP) is 2.80. The molecule has 2 aromatic rings. The number of carbonyl (C=O) groups excluding carboxylic acids is 1. The summed E-state index contributed by atoms with van der Waals surface area (Å²) in [5.41, 5.74) is 7.21. The van der Waals surface area contributed by atoms with Crippen LogP contribution in [0.25, 0.3) is 9.88 Å². The van der Waals surface area contributed by atoms with Crippen molar-refractivity contribution in [3.05, 3.63) is 22.7 Å². The molecular formula is C11H12N2O2S2. The Bertz CT molecular complexity index is 545. The van der Waals surface area contributed by atoms with E-state index in [2.05, 4.69) is 22.7 Å². The van der Waals surface area contributed by atoms with Gasteiger partial charge < -0.3 is 10.5 Å². The highest BCUT2D eigenvalue weighted by atomic mass is 32.1. The van der Waals surface area contributed by atoms with Crippen molar-refractivity contribution in [2.75, 3.05) is 12.8 Å². The quantitative estimate of drug-likeness (QED) is 0.869. The highest BCUT2D eigenvalue weighted by Gasteiger charge is 2.19. The van der Waals surface area contributed by atoms with Gasteiger partial charge in [-0.1, -0.05) is 18.3 Å². The van der Waals surface area contributed by atoms with E-state index in [4.69, 9.17) is 5.73 Å². The monoisotopic (exact) mass is 268 g/mol. The SMILES string of the molecule is CCc1ccsc1-c1nc(C(=O)OC)c(N)s1. The Labute approximate surface area is 107 Å². The number of nitrogens with zero attached hydrogens (tertiary/aromatic N) is 1. The molecule has 0 amide bonds. The second kappa shape index (κ2) is 4.85. The van der Waals surface area contributed by atoms with Gasteiger partial charge in [0, 0.05) is 0 Å². The molecule has 0 saturated carbocycles. The van der Waals surface area contributed by atoms with E-state index >= 15 is 0 Å². The van der Waals surface area contributed by atoms with Gasteiger partial charge in [-0.15, -0.1) is 11.3 Å². The van der Waals surface area contributed by atoms with Crippen LogP contribution in [-0.4, -0.2) is 18.1 Å². The van der Waals surface area contributed by atoms with Crippen LogP contribution in [0.2, 0.25) is 0 Å². The molecule has 0 aliphatic heterocycles. The predicted molar refractivity (Wildman–Crippen MR) is 70.6 cm³/mol. The first kappa shape index (κ1) is 12.1. The zero-order valence-corrected chi connectivity index (χ0v) is 11.2. The summed E-state index contributed by atoms with van der Waals surface area (Å²) in [7, 11) is 1.32. The fraction of sp³-hybridized carbons (Fsp3) is 0.273. The molecule has 0 spiro atoms. The molecule has 0 radical (unpaired) electrons. The molecule has 2 N–H and O–H groups in total. The lowest BCUT2D eigenvalue weighted by molar-refractivity contribution is 0.0596. The summed E-state index contributed by atoms with van der Waals surface area (Å²) in [5.74, 6) is -0.486. The van der Waals surface area contributed by atoms with Crippen molar-refractivity contribution >= 4 is 33.6 Å². The molecule has 0 unspecified atom stereocenters. The zero-order valence-electron chi connectivity index (χ0n) is 9.52. The zero-order chi connectivity index (χ0) is 12.4. The van der Waals surface area contributed by atoms with Crippen molar-refractivity contribution in [2.24, 2.45) is 0 Å². The number of rotatable bonds is 3. The standard InChI is InChI=1S/C11H12N2O2S2/c1-3-6-4-5-16-8(6)10-13-7(9(12)17-10)11(14)15-2/h4-5H,3,12H2,1-2H3. The van der Waals surface area contributed by atoms with Gasteiger partial charge in [0.1, 0.15) is 10.0 Å². The Morgan fingerprint density at radius 3 is 3.00 bits per heavy atom. The Morgan fingerprint density at radius 1 is 1.59 bits per heavy atom. The smallest absolute Gasteiger partial charge is 0.359 e. The summed E-state index contributed by atoms with van der Waals surface area (Å²) in [5, 5.41) is 3.21. The van der Waals surface area contributed by atoms with Gasteiger partial charge in [-0.2, -0.15) is 0 Å². The minimum absolute atomic E-state index is 0.211. The Morgan fingerprint density at radius 2 is 2.35 bits per heavy atom. The first-order valence-corrected chi connectivity index (χ1v) is 6.78. The Hall–Kier alpha value is -1.40. The molecule has 0 aromatic carbocycles. The van der Waals surface area contributed by atoms with Gasteiger partial charge in [-0.05, 0) is 23.4 Å². The maximum atomic E-state index is 11.4. The number of hydrogen-bond acceptors (Lipinski definition) is 6. The summed E-state index contributed by atoms with van der Waals surface area (Å²) < 4.78 is 4.63. The van der Waals surface area contributed by atoms with E-state index in [0.717, 1.165) is 16.3 Å². The largest absolute Gasteiger partial charge is 0.464 e. The molecule has 4 nitrogen and oxygen atoms in total. The van der Waals surface area contributed by atoms with Gasteiger partial charge in [0.15, 0.2) is 5.69 Å². The molecule has 17 heavy (non-hydrogen) atoms. The number of methoxy groups -OCH3 is 1. The number of carbonyl (C=O) groups is 1. The van der Waals surface area contributed by atoms with E-state index in [9.17, 15) is 4.79 Å². The number of aromatic nitrogens is 1. The normalized spacial score (nSPS) is 10.5. The van der Waals surface area contributed by atoms with Crippen molar-refractivity contribution in [1.29, 1.82) is 0 Å². The fourth-order valence-corrected chi connectivity index (χ4v) is 3.42. The number of nitrogens with two attached hydrogens (primary N) is 1. The number of thiazole rings is 1. The summed E-state index contributed by atoms with van der Waals surface area (Å²) in [4.78, 5) is 16.8. The van der Waals surface area contributed by atoms with Crippen LogP contribution in [-0.2, 0) is 11.2 Å². The third-order valence-electron chi connectivity index (χ3n) is 2.35. The molecule has 0 fully saturated rings. The van der Waals surface area contributed by atoms with E-state index in [0.29, 0.717) is 5.00 Å². The number of aryl methyl sites for hydroxylation is 1. The minimum Gasteiger partial charge on any atom is -0.464 e. The van der Waals surface area contributed by atoms with Crippen LogP contribution in [0.1, 0.15) is 23.0 Å². The van der Waals surface area contributed by atoms with Crippen LogP contribution >= 0.6 is 22.7 Å². The van der Waals surface area contributed by atoms with Crippen molar-refractivity contribution < 1.29 is 9.53 Å². The van der Waals surface area contributed by atoms with Gasteiger partial charge in [0.2, 0.25) is 0 Å². The minimum atomic E-state index is -0.486. The van der Waals surface area contributed by atoms with E-state index in [-0.39, 0.29) is 5.69 Å². The fourth-order valence-electron chi connectivity index (χ4n) is 1.47. The molecular weight excluding hydrogens is 256 g/mol. The molecule has 6 heteroatoms. The first-order chi connectivity index (χ1) is 8.17. The third kappa shape index (κ3) is 2.18. The number of anilines is 1. The van der Waals surface area contributed by atoms with E-state index in [1.807, 2.05) is 5.38 Å². The van der Waals surface area contributed by atoms with Crippen LogP contribution in [0.15, 0.2) is 11.4 Å². The van der Waals surface area contributed by atoms with Gasteiger partial charge in [0.05, 0.1) is 12.0 Å². The first-order valence-electron chi connectivity index (χ1n) is 5.08. The van der Waals surface area contributed by atoms with Gasteiger partial charge >= 0.3 is 5.97 Å². The Balaban J connectivity index is 2.44. The highest BCUT2D eigenvalue weighted by molar-refractivity contribution is 7.23. The van der Waals surface area contributed by atoms with E-state index in [1.54, 1.807) is 11.3 Å². The second-order valence-corrected chi connectivity index (χ2v) is 5.30. The molecule has 2 heterocycles. The van der Waals surface area contributed by atoms with Crippen LogP contribution in [0.3, 0.4) is 0 Å². The van der Waals surface area contributed by atoms with Crippen LogP contribution in [0, 0.1) is 0 Å². The average Bonchev–Trinajstić information content (AvgIpc) is 2.93. The van der Waals surface area contributed by atoms with Crippen molar-refractivity contribution in [1.82, 2.24) is 4.98 Å².